The van der Waals surface area contributed by atoms with Crippen LogP contribution in [0.4, 0.5) is 0 Å². The van der Waals surface area contributed by atoms with Crippen LogP contribution in [-0.2, 0) is 13.0 Å². The van der Waals surface area contributed by atoms with E-state index in [2.05, 4.69) is 69.3 Å². The third-order valence-electron chi connectivity index (χ3n) is 4.00. The van der Waals surface area contributed by atoms with Crippen LogP contribution >= 0.6 is 35.3 Å². The molecule has 1 aromatic carbocycles. The largest absolute Gasteiger partial charge is 0.357 e. The zero-order valence-corrected chi connectivity index (χ0v) is 17.7. The third kappa shape index (κ3) is 5.74. The first-order chi connectivity index (χ1) is 11.7. The van der Waals surface area contributed by atoms with Gasteiger partial charge in [0, 0.05) is 29.7 Å². The number of benzene rings is 1. The number of aromatic amines is 1. The van der Waals surface area contributed by atoms with Gasteiger partial charge in [0.05, 0.1) is 6.54 Å². The van der Waals surface area contributed by atoms with Gasteiger partial charge in [-0.05, 0) is 41.3 Å². The fourth-order valence-electron chi connectivity index (χ4n) is 2.74. The van der Waals surface area contributed by atoms with Crippen LogP contribution in [0.5, 0.6) is 0 Å². The third-order valence-corrected chi connectivity index (χ3v) is 4.90. The smallest absolute Gasteiger partial charge is 0.191 e. The highest BCUT2D eigenvalue weighted by molar-refractivity contribution is 14.0. The van der Waals surface area contributed by atoms with E-state index in [-0.39, 0.29) is 24.0 Å². The number of guanidine groups is 1. The van der Waals surface area contributed by atoms with Crippen molar-refractivity contribution in [2.75, 3.05) is 13.6 Å². The summed E-state index contributed by atoms with van der Waals surface area (Å²) in [7, 11) is 1.81. The molecular weight excluding hydrogens is 443 g/mol. The van der Waals surface area contributed by atoms with Crippen LogP contribution < -0.4 is 10.6 Å². The Hall–Kier alpha value is -1.54. The van der Waals surface area contributed by atoms with Crippen molar-refractivity contribution >= 4 is 52.2 Å². The van der Waals surface area contributed by atoms with Crippen molar-refractivity contribution in [3.63, 3.8) is 0 Å². The molecule has 0 aliphatic heterocycles. The summed E-state index contributed by atoms with van der Waals surface area (Å²) in [6.45, 7) is 3.90. The van der Waals surface area contributed by atoms with Crippen LogP contribution in [0.2, 0.25) is 0 Å². The van der Waals surface area contributed by atoms with Crippen LogP contribution in [0.25, 0.3) is 10.9 Å². The van der Waals surface area contributed by atoms with Crippen molar-refractivity contribution in [3.8, 4) is 0 Å². The van der Waals surface area contributed by atoms with Crippen molar-refractivity contribution in [1.29, 1.82) is 0 Å². The Labute approximate surface area is 170 Å². The molecule has 0 radical (unpaired) electrons. The normalized spacial score (nSPS) is 12.6. The average Bonchev–Trinajstić information content (AvgIpc) is 3.23. The number of para-hydroxylation sites is 1. The zero-order chi connectivity index (χ0) is 16.8. The molecular formula is C19H25IN4S. The molecule has 0 aliphatic carbocycles. The molecule has 134 valence electrons. The molecule has 3 N–H and O–H groups in total. The first-order valence-corrected chi connectivity index (χ1v) is 9.16. The van der Waals surface area contributed by atoms with E-state index in [4.69, 9.17) is 0 Å². The lowest BCUT2D eigenvalue weighted by Gasteiger charge is -2.15. The van der Waals surface area contributed by atoms with Gasteiger partial charge in [-0.2, -0.15) is 0 Å². The van der Waals surface area contributed by atoms with Gasteiger partial charge in [0.2, 0.25) is 0 Å². The van der Waals surface area contributed by atoms with Gasteiger partial charge in [-0.25, -0.2) is 0 Å². The van der Waals surface area contributed by atoms with E-state index in [1.54, 1.807) is 0 Å². The molecule has 0 bridgehead atoms. The van der Waals surface area contributed by atoms with E-state index in [9.17, 15) is 0 Å². The number of hydrogen-bond donors (Lipinski definition) is 3. The number of aromatic nitrogens is 1. The Kier molecular flexibility index (Phi) is 7.77. The van der Waals surface area contributed by atoms with Gasteiger partial charge in [0.1, 0.15) is 0 Å². The van der Waals surface area contributed by atoms with Crippen molar-refractivity contribution in [3.05, 3.63) is 58.4 Å². The summed E-state index contributed by atoms with van der Waals surface area (Å²) < 4.78 is 0. The number of fused-ring (bicyclic) bond motifs is 1. The number of aliphatic imine (C=N–C) groups is 1. The van der Waals surface area contributed by atoms with Gasteiger partial charge < -0.3 is 15.6 Å². The van der Waals surface area contributed by atoms with Crippen LogP contribution in [0.15, 0.2) is 52.8 Å². The van der Waals surface area contributed by atoms with Gasteiger partial charge in [0.15, 0.2) is 5.96 Å². The lowest BCUT2D eigenvalue weighted by molar-refractivity contribution is 0.562. The molecule has 0 saturated heterocycles. The van der Waals surface area contributed by atoms with Gasteiger partial charge in [-0.3, -0.25) is 4.99 Å². The molecule has 2 heterocycles. The monoisotopic (exact) mass is 468 g/mol. The topological polar surface area (TPSA) is 52.2 Å². The lowest BCUT2D eigenvalue weighted by Crippen LogP contribution is -2.39. The van der Waals surface area contributed by atoms with Gasteiger partial charge in [-0.15, -0.1) is 35.3 Å². The molecule has 0 amide bonds. The van der Waals surface area contributed by atoms with Crippen molar-refractivity contribution in [1.82, 2.24) is 15.6 Å². The maximum Gasteiger partial charge on any atom is 0.191 e. The molecule has 3 rings (SSSR count). The maximum atomic E-state index is 4.31. The molecule has 2 aromatic heterocycles. The highest BCUT2D eigenvalue weighted by Gasteiger charge is 2.07. The summed E-state index contributed by atoms with van der Waals surface area (Å²) in [4.78, 5) is 9.17. The number of rotatable bonds is 6. The first-order valence-electron chi connectivity index (χ1n) is 8.28. The van der Waals surface area contributed by atoms with Gasteiger partial charge >= 0.3 is 0 Å². The van der Waals surface area contributed by atoms with Crippen molar-refractivity contribution in [2.45, 2.75) is 19.9 Å². The van der Waals surface area contributed by atoms with Gasteiger partial charge in [-0.1, -0.05) is 31.2 Å². The summed E-state index contributed by atoms with van der Waals surface area (Å²) in [5, 5.41) is 10.2. The fraction of sp³-hybridized carbons (Fsp3) is 0.316. The highest BCUT2D eigenvalue weighted by atomic mass is 127. The molecule has 0 fully saturated rings. The van der Waals surface area contributed by atoms with E-state index >= 15 is 0 Å². The SMILES string of the molecule is CN=C(NCc1cc2ccccc2[nH]1)NCC(C)Cc1cccs1.I. The number of nitrogens with one attached hydrogen (secondary N) is 3. The standard InChI is InChI=1S/C19H24N4S.HI/c1-14(10-17-7-5-9-24-17)12-21-19(20-2)22-13-16-11-15-6-3-4-8-18(15)23-16;/h3-9,11,14,23H,10,12-13H2,1-2H3,(H2,20,21,22);1H. The minimum Gasteiger partial charge on any atom is -0.357 e. The summed E-state index contributed by atoms with van der Waals surface area (Å²) in [5.74, 6) is 1.40. The molecule has 0 spiro atoms. The van der Waals surface area contributed by atoms with Crippen LogP contribution in [-0.4, -0.2) is 24.5 Å². The van der Waals surface area contributed by atoms with E-state index in [1.807, 2.05) is 24.5 Å². The Bertz CT molecular complexity index is 762. The van der Waals surface area contributed by atoms with Crippen LogP contribution in [0.3, 0.4) is 0 Å². The number of nitrogens with zero attached hydrogens (tertiary/aromatic N) is 1. The van der Waals surface area contributed by atoms with Crippen molar-refractivity contribution in [2.24, 2.45) is 10.9 Å². The Morgan fingerprint density at radius 3 is 2.76 bits per heavy atom. The molecule has 3 aromatic rings. The van der Waals surface area contributed by atoms with Gasteiger partial charge in [0.25, 0.3) is 0 Å². The summed E-state index contributed by atoms with van der Waals surface area (Å²) in [6.07, 6.45) is 1.10. The lowest BCUT2D eigenvalue weighted by atomic mass is 10.1. The predicted octanol–water partition coefficient (Wildman–Crippen LogP) is 4.39. The molecule has 25 heavy (non-hydrogen) atoms. The first kappa shape index (κ1) is 19.8. The second-order valence-electron chi connectivity index (χ2n) is 6.08. The van der Waals surface area contributed by atoms with E-state index in [1.165, 1.54) is 15.8 Å². The van der Waals surface area contributed by atoms with E-state index < -0.39 is 0 Å². The zero-order valence-electron chi connectivity index (χ0n) is 14.6. The number of halogens is 1. The second kappa shape index (κ2) is 9.82. The summed E-state index contributed by atoms with van der Waals surface area (Å²) in [5.41, 5.74) is 2.33. The Morgan fingerprint density at radius 1 is 1.20 bits per heavy atom. The number of hydrogen-bond acceptors (Lipinski definition) is 2. The quantitative estimate of drug-likeness (QED) is 0.286. The van der Waals surface area contributed by atoms with Crippen molar-refractivity contribution < 1.29 is 0 Å². The maximum absolute atomic E-state index is 4.31. The fourth-order valence-corrected chi connectivity index (χ4v) is 3.61. The molecule has 0 saturated carbocycles. The minimum absolute atomic E-state index is 0. The summed E-state index contributed by atoms with van der Waals surface area (Å²) >= 11 is 1.82. The molecule has 6 heteroatoms. The average molecular weight is 468 g/mol. The molecule has 0 aliphatic rings. The second-order valence-corrected chi connectivity index (χ2v) is 7.11. The summed E-state index contributed by atoms with van der Waals surface area (Å²) in [6, 6.07) is 14.8. The Morgan fingerprint density at radius 2 is 2.04 bits per heavy atom. The van der Waals surface area contributed by atoms with Crippen LogP contribution in [0.1, 0.15) is 17.5 Å². The van der Waals surface area contributed by atoms with E-state index in [0.29, 0.717) is 5.92 Å². The molecule has 4 nitrogen and oxygen atoms in total. The molecule has 1 unspecified atom stereocenters. The van der Waals surface area contributed by atoms with Crippen LogP contribution in [0, 0.1) is 5.92 Å². The minimum atomic E-state index is 0. The number of thiophene rings is 1. The number of H-pyrrole nitrogens is 1. The highest BCUT2D eigenvalue weighted by Crippen LogP contribution is 2.15. The Balaban J connectivity index is 0.00000225. The predicted molar refractivity (Wildman–Crippen MR) is 119 cm³/mol. The molecule has 1 atom stereocenters. The van der Waals surface area contributed by atoms with E-state index in [0.717, 1.165) is 31.2 Å².